The van der Waals surface area contributed by atoms with Crippen molar-refractivity contribution in [2.75, 3.05) is 14.2 Å². The van der Waals surface area contributed by atoms with Gasteiger partial charge in [0.05, 0.1) is 12.7 Å². The summed E-state index contributed by atoms with van der Waals surface area (Å²) in [6.07, 6.45) is 2.19. The lowest BCUT2D eigenvalue weighted by atomic mass is 9.92. The quantitative estimate of drug-likeness (QED) is 0.676. The molecule has 7 heteroatoms. The van der Waals surface area contributed by atoms with Crippen LogP contribution < -0.4 is 9.47 Å². The summed E-state index contributed by atoms with van der Waals surface area (Å²) in [6.45, 7) is 3.82. The van der Waals surface area contributed by atoms with Gasteiger partial charge in [-0.15, -0.1) is 0 Å². The number of fused-ring (bicyclic) bond motifs is 1. The van der Waals surface area contributed by atoms with Crippen LogP contribution in [-0.2, 0) is 16.9 Å². The normalized spacial score (nSPS) is 17.8. The molecule has 1 heterocycles. The molecule has 148 valence electrons. The summed E-state index contributed by atoms with van der Waals surface area (Å²) in [5.41, 5.74) is 1.55. The van der Waals surface area contributed by atoms with Crippen LogP contribution in [0.2, 0.25) is 0 Å². The van der Waals surface area contributed by atoms with Crippen molar-refractivity contribution in [2.45, 2.75) is 26.1 Å². The predicted molar refractivity (Wildman–Crippen MR) is 101 cm³/mol. The van der Waals surface area contributed by atoms with Crippen LogP contribution in [0.25, 0.3) is 0 Å². The van der Waals surface area contributed by atoms with Crippen LogP contribution in [0.1, 0.15) is 35.3 Å². The first-order valence-electron chi connectivity index (χ1n) is 8.62. The highest BCUT2D eigenvalue weighted by molar-refractivity contribution is 6.08. The van der Waals surface area contributed by atoms with Crippen molar-refractivity contribution in [3.05, 3.63) is 52.6 Å². The highest BCUT2D eigenvalue weighted by atomic mass is 16.7. The van der Waals surface area contributed by atoms with E-state index in [-0.39, 0.29) is 34.1 Å². The van der Waals surface area contributed by atoms with Gasteiger partial charge in [-0.3, -0.25) is 4.79 Å². The minimum absolute atomic E-state index is 0.0480. The lowest BCUT2D eigenvalue weighted by Crippen LogP contribution is -2.39. The first kappa shape index (κ1) is 19.6. The van der Waals surface area contributed by atoms with Crippen molar-refractivity contribution < 1.29 is 34.3 Å². The van der Waals surface area contributed by atoms with E-state index in [4.69, 9.17) is 14.2 Å². The number of allylic oxidation sites excluding steroid dienone is 2. The average molecular weight is 386 g/mol. The van der Waals surface area contributed by atoms with Gasteiger partial charge in [0, 0.05) is 24.8 Å². The second kappa shape index (κ2) is 7.09. The molecule has 2 aromatic rings. The molecule has 0 aromatic heterocycles. The molecule has 1 aliphatic heterocycles. The van der Waals surface area contributed by atoms with Gasteiger partial charge in [0.1, 0.15) is 34.3 Å². The molecule has 0 aliphatic carbocycles. The maximum Gasteiger partial charge on any atom is 0.309 e. The van der Waals surface area contributed by atoms with Crippen LogP contribution in [-0.4, -0.2) is 35.3 Å². The number of ketones is 1. The number of phenols is 3. The van der Waals surface area contributed by atoms with Crippen molar-refractivity contribution in [2.24, 2.45) is 0 Å². The van der Waals surface area contributed by atoms with E-state index in [2.05, 4.69) is 0 Å². The highest BCUT2D eigenvalue weighted by Gasteiger charge is 2.54. The monoisotopic (exact) mass is 386 g/mol. The van der Waals surface area contributed by atoms with Gasteiger partial charge >= 0.3 is 5.79 Å². The second-order valence-corrected chi connectivity index (χ2v) is 6.72. The number of hydrogen-bond donors (Lipinski definition) is 3. The van der Waals surface area contributed by atoms with Crippen LogP contribution in [0.3, 0.4) is 0 Å². The van der Waals surface area contributed by atoms with Gasteiger partial charge in [0.15, 0.2) is 0 Å². The Morgan fingerprint density at radius 1 is 1.14 bits per heavy atom. The maximum absolute atomic E-state index is 13.2. The molecule has 0 fully saturated rings. The van der Waals surface area contributed by atoms with E-state index < -0.39 is 17.3 Å². The third kappa shape index (κ3) is 2.93. The summed E-state index contributed by atoms with van der Waals surface area (Å²) in [5.74, 6) is -3.04. The molecule has 0 amide bonds. The van der Waals surface area contributed by atoms with Gasteiger partial charge in [0.25, 0.3) is 0 Å². The van der Waals surface area contributed by atoms with Crippen molar-refractivity contribution in [1.29, 1.82) is 0 Å². The predicted octanol–water partition coefficient (Wildman–Crippen LogP) is 3.40. The lowest BCUT2D eigenvalue weighted by molar-refractivity contribution is -0.126. The highest BCUT2D eigenvalue weighted by Crippen LogP contribution is 2.51. The summed E-state index contributed by atoms with van der Waals surface area (Å²) in [7, 11) is 2.64. The van der Waals surface area contributed by atoms with E-state index in [1.807, 2.05) is 19.9 Å². The number of Topliss-reactive ketones (excluding diaryl/α,β-unsaturated/α-hetero) is 1. The molecule has 0 radical (unpaired) electrons. The largest absolute Gasteiger partial charge is 0.508 e. The zero-order valence-electron chi connectivity index (χ0n) is 16.1. The summed E-state index contributed by atoms with van der Waals surface area (Å²) in [5, 5.41) is 30.7. The van der Waals surface area contributed by atoms with E-state index >= 15 is 0 Å². The number of rotatable bonds is 5. The van der Waals surface area contributed by atoms with Crippen molar-refractivity contribution in [3.8, 4) is 28.7 Å². The number of carbonyl (C=O) groups excluding carboxylic acids is 1. The van der Waals surface area contributed by atoms with Gasteiger partial charge in [-0.1, -0.05) is 11.6 Å². The minimum atomic E-state index is -2.01. The Kier molecular flexibility index (Phi) is 4.95. The summed E-state index contributed by atoms with van der Waals surface area (Å²) in [6, 6.07) is 5.20. The fourth-order valence-electron chi connectivity index (χ4n) is 3.28. The van der Waals surface area contributed by atoms with Crippen molar-refractivity contribution in [1.82, 2.24) is 0 Å². The van der Waals surface area contributed by atoms with E-state index in [0.29, 0.717) is 12.0 Å². The number of methoxy groups -OCH3 is 2. The van der Waals surface area contributed by atoms with Gasteiger partial charge < -0.3 is 29.5 Å². The molecule has 3 rings (SSSR count). The Bertz CT molecular complexity index is 973. The van der Waals surface area contributed by atoms with Gasteiger partial charge in [-0.25, -0.2) is 0 Å². The number of phenolic OH excluding ortho intramolecular Hbond substituents is 3. The van der Waals surface area contributed by atoms with E-state index in [0.717, 1.165) is 11.6 Å². The molecule has 0 saturated carbocycles. The molecule has 0 saturated heterocycles. The number of ether oxygens (including phenoxy) is 3. The summed E-state index contributed by atoms with van der Waals surface area (Å²) in [4.78, 5) is 13.2. The molecule has 28 heavy (non-hydrogen) atoms. The van der Waals surface area contributed by atoms with Gasteiger partial charge in [-0.05, 0) is 32.4 Å². The Hall–Kier alpha value is -3.19. The molecule has 1 aliphatic rings. The van der Waals surface area contributed by atoms with E-state index in [1.54, 1.807) is 0 Å². The number of benzene rings is 2. The van der Waals surface area contributed by atoms with Crippen LogP contribution >= 0.6 is 0 Å². The van der Waals surface area contributed by atoms with Crippen molar-refractivity contribution >= 4 is 5.78 Å². The number of aromatic hydroxyl groups is 3. The third-order valence-corrected chi connectivity index (χ3v) is 4.64. The summed E-state index contributed by atoms with van der Waals surface area (Å²) < 4.78 is 16.7. The van der Waals surface area contributed by atoms with E-state index in [1.165, 1.54) is 32.4 Å². The number of carbonyl (C=O) groups is 1. The molecule has 2 aromatic carbocycles. The van der Waals surface area contributed by atoms with Crippen molar-refractivity contribution in [3.63, 3.8) is 0 Å². The fourth-order valence-corrected chi connectivity index (χ4v) is 3.28. The number of hydrogen-bond acceptors (Lipinski definition) is 7. The lowest BCUT2D eigenvalue weighted by Gasteiger charge is -2.29. The Labute approximate surface area is 162 Å². The topological polar surface area (TPSA) is 105 Å². The fraction of sp³-hybridized carbons (Fsp3) is 0.286. The maximum atomic E-state index is 13.2. The zero-order valence-corrected chi connectivity index (χ0v) is 16.1. The first-order valence-corrected chi connectivity index (χ1v) is 8.62. The SMILES string of the molecule is COc1c(CC=C(C)C)c(O)cc(O)c1C1(OC)Oc2cc(O)ccc2C1=O. The zero-order chi connectivity index (χ0) is 20.6. The molecule has 3 N–H and O–H groups in total. The Morgan fingerprint density at radius 3 is 2.46 bits per heavy atom. The Balaban J connectivity index is 2.26. The smallest absolute Gasteiger partial charge is 0.309 e. The molecule has 1 unspecified atom stereocenters. The molecule has 1 atom stereocenters. The van der Waals surface area contributed by atoms with Crippen LogP contribution in [0, 0.1) is 0 Å². The Morgan fingerprint density at radius 2 is 1.86 bits per heavy atom. The second-order valence-electron chi connectivity index (χ2n) is 6.72. The third-order valence-electron chi connectivity index (χ3n) is 4.64. The molecule has 0 bridgehead atoms. The van der Waals surface area contributed by atoms with Gasteiger partial charge in [-0.2, -0.15) is 0 Å². The molecular formula is C21H22O7. The minimum Gasteiger partial charge on any atom is -0.508 e. The van der Waals surface area contributed by atoms with Crippen LogP contribution in [0.4, 0.5) is 0 Å². The van der Waals surface area contributed by atoms with E-state index in [9.17, 15) is 20.1 Å². The first-order chi connectivity index (χ1) is 13.2. The van der Waals surface area contributed by atoms with Crippen LogP contribution in [0.5, 0.6) is 28.7 Å². The molecular weight excluding hydrogens is 364 g/mol. The van der Waals surface area contributed by atoms with Crippen LogP contribution in [0.15, 0.2) is 35.9 Å². The summed E-state index contributed by atoms with van der Waals surface area (Å²) >= 11 is 0. The molecule has 7 nitrogen and oxygen atoms in total. The van der Waals surface area contributed by atoms with Gasteiger partial charge in [0.2, 0.25) is 5.78 Å². The average Bonchev–Trinajstić information content (AvgIpc) is 2.92. The molecule has 0 spiro atoms. The standard InChI is InChI=1S/C21H22O7/c1-11(2)5-7-13-15(23)10-16(24)18(19(13)26-3)21(27-4)20(25)14-8-6-12(22)9-17(14)28-21/h5-6,8-10,22-24H,7H2,1-4H3.